The lowest BCUT2D eigenvalue weighted by Gasteiger charge is -2.10. The van der Waals surface area contributed by atoms with Crippen LogP contribution in [0.4, 0.5) is 10.1 Å². The van der Waals surface area contributed by atoms with Crippen LogP contribution in [0.5, 0.6) is 0 Å². The Balaban J connectivity index is 1.90. The van der Waals surface area contributed by atoms with Crippen LogP contribution in [0.2, 0.25) is 0 Å². The Morgan fingerprint density at radius 3 is 2.76 bits per heavy atom. The lowest BCUT2D eigenvalue weighted by Crippen LogP contribution is -2.02. The van der Waals surface area contributed by atoms with Crippen LogP contribution in [-0.2, 0) is 6.54 Å². The number of nitrogens with zero attached hydrogens (tertiary/aromatic N) is 1. The summed E-state index contributed by atoms with van der Waals surface area (Å²) in [6.07, 6.45) is 1.76. The summed E-state index contributed by atoms with van der Waals surface area (Å²) in [6.45, 7) is 0.513. The fourth-order valence-corrected chi connectivity index (χ4v) is 2.95. The van der Waals surface area contributed by atoms with Gasteiger partial charge in [0.1, 0.15) is 5.82 Å². The first-order valence-corrected chi connectivity index (χ1v) is 7.95. The molecule has 0 radical (unpaired) electrons. The molecule has 21 heavy (non-hydrogen) atoms. The second kappa shape index (κ2) is 6.12. The molecule has 3 aromatic rings. The predicted molar refractivity (Wildman–Crippen MR) is 90.9 cm³/mol. The van der Waals surface area contributed by atoms with E-state index < -0.39 is 0 Å². The highest BCUT2D eigenvalue weighted by Crippen LogP contribution is 2.26. The van der Waals surface area contributed by atoms with Gasteiger partial charge in [0.25, 0.3) is 0 Å². The highest BCUT2D eigenvalue weighted by atomic mass is 79.9. The molecule has 106 valence electrons. The first-order chi connectivity index (χ1) is 10.1. The van der Waals surface area contributed by atoms with Gasteiger partial charge in [0.2, 0.25) is 0 Å². The molecule has 1 aromatic heterocycles. The maximum Gasteiger partial charge on any atom is 0.147 e. The minimum absolute atomic E-state index is 0.279. The molecule has 2 aromatic carbocycles. The van der Waals surface area contributed by atoms with Crippen LogP contribution in [0.1, 0.15) is 5.56 Å². The number of rotatable bonds is 3. The molecule has 0 atom stereocenters. The topological polar surface area (TPSA) is 24.9 Å². The fraction of sp³-hybridized carbons (Fsp3) is 0.0625. The smallest absolute Gasteiger partial charge is 0.147 e. The molecular formula is C16H11Br2FN2. The molecule has 2 nitrogen and oxygen atoms in total. The van der Waals surface area contributed by atoms with Crippen molar-refractivity contribution in [2.75, 3.05) is 5.32 Å². The SMILES string of the molecule is Fc1cc(Br)ccc1NCc1ccc(Br)c2cccnc12. The normalized spacial score (nSPS) is 10.8. The third kappa shape index (κ3) is 3.09. The van der Waals surface area contributed by atoms with Crippen LogP contribution >= 0.6 is 31.9 Å². The number of hydrogen-bond acceptors (Lipinski definition) is 2. The van der Waals surface area contributed by atoms with Gasteiger partial charge < -0.3 is 5.32 Å². The van der Waals surface area contributed by atoms with Crippen molar-refractivity contribution in [2.24, 2.45) is 0 Å². The van der Waals surface area contributed by atoms with E-state index in [9.17, 15) is 4.39 Å². The van der Waals surface area contributed by atoms with E-state index in [0.717, 1.165) is 25.4 Å². The van der Waals surface area contributed by atoms with E-state index in [1.54, 1.807) is 12.3 Å². The van der Waals surface area contributed by atoms with Gasteiger partial charge in [-0.05, 0) is 35.9 Å². The zero-order chi connectivity index (χ0) is 14.8. The van der Waals surface area contributed by atoms with Crippen LogP contribution in [0.25, 0.3) is 10.9 Å². The minimum Gasteiger partial charge on any atom is -0.379 e. The number of hydrogen-bond donors (Lipinski definition) is 1. The second-order valence-electron chi connectivity index (χ2n) is 4.58. The van der Waals surface area contributed by atoms with Crippen molar-refractivity contribution in [3.63, 3.8) is 0 Å². The number of pyridine rings is 1. The standard InChI is InChI=1S/C16H11Br2FN2/c17-11-4-6-15(14(19)8-11)21-9-10-3-5-13(18)12-2-1-7-20-16(10)12/h1-8,21H,9H2. The van der Waals surface area contributed by atoms with E-state index >= 15 is 0 Å². The van der Waals surface area contributed by atoms with Crippen molar-refractivity contribution in [1.82, 2.24) is 4.98 Å². The highest BCUT2D eigenvalue weighted by Gasteiger charge is 2.07. The number of fused-ring (bicyclic) bond motifs is 1. The third-order valence-corrected chi connectivity index (χ3v) is 4.39. The van der Waals surface area contributed by atoms with Gasteiger partial charge in [0.15, 0.2) is 0 Å². The van der Waals surface area contributed by atoms with Crippen molar-refractivity contribution in [2.45, 2.75) is 6.54 Å². The molecule has 0 spiro atoms. The van der Waals surface area contributed by atoms with Gasteiger partial charge in [-0.1, -0.05) is 44.0 Å². The molecule has 0 bridgehead atoms. The van der Waals surface area contributed by atoms with Crippen LogP contribution in [0.3, 0.4) is 0 Å². The van der Waals surface area contributed by atoms with E-state index in [0.29, 0.717) is 12.2 Å². The van der Waals surface area contributed by atoms with Crippen LogP contribution in [0, 0.1) is 5.82 Å². The molecule has 0 saturated carbocycles. The molecule has 0 aliphatic carbocycles. The zero-order valence-electron chi connectivity index (χ0n) is 10.9. The van der Waals surface area contributed by atoms with Gasteiger partial charge in [0, 0.05) is 27.1 Å². The summed E-state index contributed by atoms with van der Waals surface area (Å²) in [5, 5.41) is 4.17. The molecule has 3 rings (SSSR count). The van der Waals surface area contributed by atoms with Crippen molar-refractivity contribution in [3.05, 3.63) is 69.0 Å². The molecule has 5 heteroatoms. The average Bonchev–Trinajstić information content (AvgIpc) is 2.48. The Hall–Kier alpha value is -1.46. The molecule has 0 fully saturated rings. The van der Waals surface area contributed by atoms with Gasteiger partial charge in [-0.25, -0.2) is 4.39 Å². The average molecular weight is 410 g/mol. The first kappa shape index (κ1) is 14.5. The van der Waals surface area contributed by atoms with E-state index in [2.05, 4.69) is 42.2 Å². The number of nitrogens with one attached hydrogen (secondary N) is 1. The molecule has 1 N–H and O–H groups in total. The van der Waals surface area contributed by atoms with Crippen molar-refractivity contribution in [1.29, 1.82) is 0 Å². The Bertz CT molecular complexity index is 805. The lowest BCUT2D eigenvalue weighted by atomic mass is 10.1. The second-order valence-corrected chi connectivity index (χ2v) is 6.35. The molecule has 1 heterocycles. The highest BCUT2D eigenvalue weighted by molar-refractivity contribution is 9.11. The van der Waals surface area contributed by atoms with Crippen molar-refractivity contribution < 1.29 is 4.39 Å². The Labute approximate surface area is 138 Å². The van der Waals surface area contributed by atoms with E-state index in [1.807, 2.05) is 30.3 Å². The van der Waals surface area contributed by atoms with Gasteiger partial charge in [-0.3, -0.25) is 4.98 Å². The molecule has 0 unspecified atom stereocenters. The molecule has 0 amide bonds. The summed E-state index contributed by atoms with van der Waals surface area (Å²) in [6, 6.07) is 12.9. The number of aromatic nitrogens is 1. The summed E-state index contributed by atoms with van der Waals surface area (Å²) in [5.74, 6) is -0.279. The van der Waals surface area contributed by atoms with Gasteiger partial charge >= 0.3 is 0 Å². The first-order valence-electron chi connectivity index (χ1n) is 6.36. The number of benzene rings is 2. The monoisotopic (exact) mass is 408 g/mol. The van der Waals surface area contributed by atoms with Crippen LogP contribution in [0.15, 0.2) is 57.6 Å². The summed E-state index contributed by atoms with van der Waals surface area (Å²) in [7, 11) is 0. The van der Waals surface area contributed by atoms with Gasteiger partial charge in [0.05, 0.1) is 11.2 Å². The molecule has 0 aliphatic rings. The van der Waals surface area contributed by atoms with Crippen molar-refractivity contribution >= 4 is 48.5 Å². The van der Waals surface area contributed by atoms with Gasteiger partial charge in [-0.2, -0.15) is 0 Å². The number of halogens is 3. The summed E-state index contributed by atoms with van der Waals surface area (Å²) < 4.78 is 15.5. The van der Waals surface area contributed by atoms with Crippen molar-refractivity contribution in [3.8, 4) is 0 Å². The Morgan fingerprint density at radius 2 is 1.95 bits per heavy atom. The zero-order valence-corrected chi connectivity index (χ0v) is 14.1. The maximum absolute atomic E-state index is 13.8. The maximum atomic E-state index is 13.8. The summed E-state index contributed by atoms with van der Waals surface area (Å²) >= 11 is 6.77. The van der Waals surface area contributed by atoms with Crippen LogP contribution < -0.4 is 5.32 Å². The lowest BCUT2D eigenvalue weighted by molar-refractivity contribution is 0.629. The Kier molecular flexibility index (Phi) is 4.22. The quantitative estimate of drug-likeness (QED) is 0.616. The predicted octanol–water partition coefficient (Wildman–Crippen LogP) is 5.51. The van der Waals surface area contributed by atoms with E-state index in [4.69, 9.17) is 0 Å². The number of anilines is 1. The fourth-order valence-electron chi connectivity index (χ4n) is 2.16. The van der Waals surface area contributed by atoms with E-state index in [-0.39, 0.29) is 5.82 Å². The van der Waals surface area contributed by atoms with Gasteiger partial charge in [-0.15, -0.1) is 0 Å². The molecule has 0 saturated heterocycles. The summed E-state index contributed by atoms with van der Waals surface area (Å²) in [4.78, 5) is 4.42. The largest absolute Gasteiger partial charge is 0.379 e. The van der Waals surface area contributed by atoms with E-state index in [1.165, 1.54) is 6.07 Å². The summed E-state index contributed by atoms with van der Waals surface area (Å²) in [5.41, 5.74) is 2.42. The van der Waals surface area contributed by atoms with Crippen LogP contribution in [-0.4, -0.2) is 4.98 Å². The molecule has 0 aliphatic heterocycles. The minimum atomic E-state index is -0.279. The molecular weight excluding hydrogens is 399 g/mol. The Morgan fingerprint density at radius 1 is 1.10 bits per heavy atom. The third-order valence-electron chi connectivity index (χ3n) is 3.20.